The third kappa shape index (κ3) is 3.15. The van der Waals surface area contributed by atoms with Crippen LogP contribution in [-0.4, -0.2) is 35.6 Å². The van der Waals surface area contributed by atoms with E-state index in [1.54, 1.807) is 11.3 Å². The summed E-state index contributed by atoms with van der Waals surface area (Å²) in [5.74, 6) is 0.800. The fourth-order valence-electron chi connectivity index (χ4n) is 3.02. The second kappa shape index (κ2) is 6.61. The molecule has 0 unspecified atom stereocenters. The molecule has 2 aromatic rings. The Hall–Kier alpha value is -1.40. The average Bonchev–Trinajstić information content (AvgIpc) is 2.81. The van der Waals surface area contributed by atoms with Crippen molar-refractivity contribution in [3.8, 4) is 0 Å². The average molecular weight is 354 g/mol. The Morgan fingerprint density at radius 1 is 1.35 bits per heavy atom. The Labute approximate surface area is 144 Å². The van der Waals surface area contributed by atoms with Crippen LogP contribution in [0, 0.1) is 19.8 Å². The molecular formula is C16H20ClN3O2S. The van der Waals surface area contributed by atoms with Gasteiger partial charge in [0.25, 0.3) is 0 Å². The highest BCUT2D eigenvalue weighted by Gasteiger charge is 2.28. The number of aromatic nitrogens is 2. The van der Waals surface area contributed by atoms with Gasteiger partial charge >= 0.3 is 5.97 Å². The van der Waals surface area contributed by atoms with Crippen molar-refractivity contribution in [2.45, 2.75) is 33.6 Å². The summed E-state index contributed by atoms with van der Waals surface area (Å²) in [5, 5.41) is 1.37. The molecule has 0 aromatic carbocycles. The number of esters is 1. The molecule has 1 aliphatic heterocycles. The monoisotopic (exact) mass is 353 g/mol. The van der Waals surface area contributed by atoms with Gasteiger partial charge in [-0.2, -0.15) is 4.98 Å². The summed E-state index contributed by atoms with van der Waals surface area (Å²) in [4.78, 5) is 25.1. The molecular weight excluding hydrogens is 334 g/mol. The van der Waals surface area contributed by atoms with E-state index in [-0.39, 0.29) is 17.2 Å². The first-order valence-corrected chi connectivity index (χ1v) is 9.05. The Bertz CT molecular complexity index is 738. The van der Waals surface area contributed by atoms with E-state index in [2.05, 4.69) is 28.7 Å². The first-order valence-electron chi connectivity index (χ1n) is 7.86. The molecule has 124 valence electrons. The van der Waals surface area contributed by atoms with Crippen LogP contribution in [-0.2, 0) is 9.53 Å². The predicted octanol–water partition coefficient (Wildman–Crippen LogP) is 3.74. The van der Waals surface area contributed by atoms with Gasteiger partial charge in [0.05, 0.1) is 17.9 Å². The van der Waals surface area contributed by atoms with Gasteiger partial charge in [0, 0.05) is 18.0 Å². The molecule has 3 heterocycles. The Morgan fingerprint density at radius 3 is 2.70 bits per heavy atom. The number of hydrogen-bond acceptors (Lipinski definition) is 6. The molecule has 0 amide bonds. The van der Waals surface area contributed by atoms with Crippen LogP contribution in [0.5, 0.6) is 0 Å². The minimum Gasteiger partial charge on any atom is -0.466 e. The van der Waals surface area contributed by atoms with E-state index < -0.39 is 0 Å². The number of piperidine rings is 1. The fraction of sp³-hybridized carbons (Fsp3) is 0.562. The summed E-state index contributed by atoms with van der Waals surface area (Å²) in [6, 6.07) is 0. The quantitative estimate of drug-likeness (QED) is 0.621. The minimum absolute atomic E-state index is 0.00990. The van der Waals surface area contributed by atoms with Crippen molar-refractivity contribution in [2.24, 2.45) is 5.92 Å². The van der Waals surface area contributed by atoms with E-state index in [0.29, 0.717) is 6.61 Å². The summed E-state index contributed by atoms with van der Waals surface area (Å²) in [6.07, 6.45) is 1.56. The molecule has 0 bridgehead atoms. The van der Waals surface area contributed by atoms with Gasteiger partial charge in [-0.05, 0) is 50.8 Å². The van der Waals surface area contributed by atoms with Gasteiger partial charge in [0.15, 0.2) is 0 Å². The Balaban J connectivity index is 1.86. The zero-order valence-electron chi connectivity index (χ0n) is 13.6. The number of thiophene rings is 1. The summed E-state index contributed by atoms with van der Waals surface area (Å²) in [7, 11) is 0. The second-order valence-electron chi connectivity index (χ2n) is 5.79. The van der Waals surface area contributed by atoms with Gasteiger partial charge in [-0.1, -0.05) is 0 Å². The fourth-order valence-corrected chi connectivity index (χ4v) is 4.26. The molecule has 23 heavy (non-hydrogen) atoms. The SMILES string of the molecule is CCOC(=O)C1CCN(c2nc(Cl)nc3sc(C)c(C)c23)CC1. The predicted molar refractivity (Wildman–Crippen MR) is 93.5 cm³/mol. The zero-order chi connectivity index (χ0) is 16.6. The number of hydrogen-bond donors (Lipinski definition) is 0. The van der Waals surface area contributed by atoms with Crippen molar-refractivity contribution in [2.75, 3.05) is 24.6 Å². The van der Waals surface area contributed by atoms with Crippen LogP contribution in [0.25, 0.3) is 10.2 Å². The lowest BCUT2D eigenvalue weighted by molar-refractivity contribution is -0.148. The Morgan fingerprint density at radius 2 is 2.04 bits per heavy atom. The summed E-state index contributed by atoms with van der Waals surface area (Å²) >= 11 is 7.76. The number of carbonyl (C=O) groups excluding carboxylic acids is 1. The second-order valence-corrected chi connectivity index (χ2v) is 7.33. The standard InChI is InChI=1S/C16H20ClN3O2S/c1-4-22-15(21)11-5-7-20(8-6-11)13-12-9(2)10(3)23-14(12)19-16(17)18-13/h11H,4-8H2,1-3H3. The molecule has 0 atom stereocenters. The molecule has 0 saturated carbocycles. The van der Waals surface area contributed by atoms with E-state index in [4.69, 9.17) is 16.3 Å². The lowest BCUT2D eigenvalue weighted by atomic mass is 9.97. The van der Waals surface area contributed by atoms with Crippen LogP contribution < -0.4 is 4.90 Å². The first-order chi connectivity index (χ1) is 11.0. The van der Waals surface area contributed by atoms with Crippen molar-refractivity contribution in [3.63, 3.8) is 0 Å². The largest absolute Gasteiger partial charge is 0.466 e. The number of fused-ring (bicyclic) bond motifs is 1. The highest BCUT2D eigenvalue weighted by atomic mass is 35.5. The molecule has 2 aromatic heterocycles. The van der Waals surface area contributed by atoms with E-state index in [0.717, 1.165) is 42.0 Å². The topological polar surface area (TPSA) is 55.3 Å². The summed E-state index contributed by atoms with van der Waals surface area (Å²) < 4.78 is 5.13. The van der Waals surface area contributed by atoms with Crippen molar-refractivity contribution in [1.82, 2.24) is 9.97 Å². The lowest BCUT2D eigenvalue weighted by Crippen LogP contribution is -2.37. The highest BCUT2D eigenvalue weighted by molar-refractivity contribution is 7.18. The normalized spacial score (nSPS) is 16.1. The van der Waals surface area contributed by atoms with Gasteiger partial charge in [0.2, 0.25) is 5.28 Å². The maximum Gasteiger partial charge on any atom is 0.309 e. The molecule has 7 heteroatoms. The van der Waals surface area contributed by atoms with Gasteiger partial charge in [-0.15, -0.1) is 11.3 Å². The molecule has 0 radical (unpaired) electrons. The molecule has 1 saturated heterocycles. The minimum atomic E-state index is -0.0828. The van der Waals surface area contributed by atoms with Crippen LogP contribution in [0.2, 0.25) is 5.28 Å². The summed E-state index contributed by atoms with van der Waals surface area (Å²) in [6.45, 7) is 8.02. The van der Waals surface area contributed by atoms with Crippen LogP contribution in [0.4, 0.5) is 5.82 Å². The van der Waals surface area contributed by atoms with Gasteiger partial charge in [-0.25, -0.2) is 4.98 Å². The third-order valence-corrected chi connectivity index (χ3v) is 5.67. The summed E-state index contributed by atoms with van der Waals surface area (Å²) in [5.41, 5.74) is 1.21. The molecule has 1 fully saturated rings. The number of ether oxygens (including phenoxy) is 1. The van der Waals surface area contributed by atoms with Crippen molar-refractivity contribution in [1.29, 1.82) is 0 Å². The van der Waals surface area contributed by atoms with Crippen LogP contribution in [0.1, 0.15) is 30.2 Å². The van der Waals surface area contributed by atoms with Gasteiger partial charge in [0.1, 0.15) is 10.6 Å². The zero-order valence-corrected chi connectivity index (χ0v) is 15.1. The van der Waals surface area contributed by atoms with Gasteiger partial charge in [-0.3, -0.25) is 4.79 Å². The number of halogens is 1. The van der Waals surface area contributed by atoms with Crippen LogP contribution >= 0.6 is 22.9 Å². The molecule has 0 N–H and O–H groups in total. The van der Waals surface area contributed by atoms with Crippen molar-refractivity contribution in [3.05, 3.63) is 15.7 Å². The number of carbonyl (C=O) groups is 1. The lowest BCUT2D eigenvalue weighted by Gasteiger charge is -2.32. The van der Waals surface area contributed by atoms with Gasteiger partial charge < -0.3 is 9.64 Å². The van der Waals surface area contributed by atoms with Crippen LogP contribution in [0.3, 0.4) is 0 Å². The maximum atomic E-state index is 11.9. The highest BCUT2D eigenvalue weighted by Crippen LogP contribution is 2.37. The number of rotatable bonds is 3. The first kappa shape index (κ1) is 16.5. The molecule has 5 nitrogen and oxygen atoms in total. The number of nitrogens with zero attached hydrogens (tertiary/aromatic N) is 3. The molecule has 0 aliphatic carbocycles. The van der Waals surface area contributed by atoms with E-state index in [9.17, 15) is 4.79 Å². The Kier molecular flexibility index (Phi) is 4.73. The molecule has 3 rings (SSSR count). The van der Waals surface area contributed by atoms with E-state index in [1.165, 1.54) is 10.4 Å². The van der Waals surface area contributed by atoms with Crippen molar-refractivity contribution < 1.29 is 9.53 Å². The molecule has 1 aliphatic rings. The third-order valence-electron chi connectivity index (χ3n) is 4.40. The number of aryl methyl sites for hydroxylation is 2. The maximum absolute atomic E-state index is 11.9. The van der Waals surface area contributed by atoms with Crippen molar-refractivity contribution >= 4 is 44.9 Å². The van der Waals surface area contributed by atoms with E-state index in [1.807, 2.05) is 6.92 Å². The molecule has 0 spiro atoms. The number of anilines is 1. The van der Waals surface area contributed by atoms with Crippen LogP contribution in [0.15, 0.2) is 0 Å². The smallest absolute Gasteiger partial charge is 0.309 e. The van der Waals surface area contributed by atoms with E-state index >= 15 is 0 Å².